The van der Waals surface area contributed by atoms with E-state index < -0.39 is 0 Å². The molecule has 5 heteroatoms. The van der Waals surface area contributed by atoms with Gasteiger partial charge in [0.25, 0.3) is 5.91 Å². The van der Waals surface area contributed by atoms with Gasteiger partial charge in [-0.3, -0.25) is 4.79 Å². The lowest BCUT2D eigenvalue weighted by Crippen LogP contribution is -2.28. The number of nitrogens with zero attached hydrogens (tertiary/aromatic N) is 3. The van der Waals surface area contributed by atoms with Crippen LogP contribution in [0, 0.1) is 13.8 Å². The molecule has 1 unspecified atom stereocenters. The molecule has 134 valence electrons. The number of nitrogens with one attached hydrogen (secondary N) is 1. The minimum Gasteiger partial charge on any atom is -0.344 e. The molecule has 3 rings (SSSR count). The Morgan fingerprint density at radius 2 is 1.85 bits per heavy atom. The molecular formula is C21H24N4O. The van der Waals surface area contributed by atoms with E-state index in [0.717, 1.165) is 17.5 Å². The summed E-state index contributed by atoms with van der Waals surface area (Å²) in [5.74, 6) is -0.201. The maximum Gasteiger partial charge on any atom is 0.273 e. The van der Waals surface area contributed by atoms with Crippen LogP contribution in [0.15, 0.2) is 54.7 Å². The highest BCUT2D eigenvalue weighted by Gasteiger charge is 2.17. The SMILES string of the molecule is CCC(NC(=O)c1cn(Cc2ccccc2C)nn1)c1ccc(C)cc1. The van der Waals surface area contributed by atoms with Crippen molar-refractivity contribution < 1.29 is 4.79 Å². The molecule has 0 saturated carbocycles. The molecule has 0 radical (unpaired) electrons. The second-order valence-electron chi connectivity index (χ2n) is 6.57. The van der Waals surface area contributed by atoms with E-state index in [1.165, 1.54) is 11.1 Å². The van der Waals surface area contributed by atoms with E-state index in [1.807, 2.05) is 12.1 Å². The highest BCUT2D eigenvalue weighted by Crippen LogP contribution is 2.17. The molecule has 0 aliphatic rings. The Kier molecular flexibility index (Phi) is 5.46. The van der Waals surface area contributed by atoms with Gasteiger partial charge in [-0.2, -0.15) is 0 Å². The third kappa shape index (κ3) is 4.17. The van der Waals surface area contributed by atoms with Crippen molar-refractivity contribution >= 4 is 5.91 Å². The van der Waals surface area contributed by atoms with Crippen molar-refractivity contribution in [1.82, 2.24) is 20.3 Å². The van der Waals surface area contributed by atoms with Crippen molar-refractivity contribution in [1.29, 1.82) is 0 Å². The molecule has 2 aromatic carbocycles. The summed E-state index contributed by atoms with van der Waals surface area (Å²) in [4.78, 5) is 12.6. The molecule has 1 aromatic heterocycles. The average Bonchev–Trinajstić information content (AvgIpc) is 3.11. The molecule has 1 N–H and O–H groups in total. The molecule has 3 aromatic rings. The van der Waals surface area contributed by atoms with Crippen molar-refractivity contribution in [2.45, 2.75) is 39.8 Å². The summed E-state index contributed by atoms with van der Waals surface area (Å²) in [6, 6.07) is 16.3. The van der Waals surface area contributed by atoms with Crippen LogP contribution in [0.4, 0.5) is 0 Å². The third-order valence-electron chi connectivity index (χ3n) is 4.56. The number of aryl methyl sites for hydroxylation is 2. The molecular weight excluding hydrogens is 324 g/mol. The highest BCUT2D eigenvalue weighted by molar-refractivity contribution is 5.92. The zero-order valence-electron chi connectivity index (χ0n) is 15.4. The maximum atomic E-state index is 12.6. The number of aromatic nitrogens is 3. The second-order valence-corrected chi connectivity index (χ2v) is 6.57. The fraction of sp³-hybridized carbons (Fsp3) is 0.286. The van der Waals surface area contributed by atoms with Gasteiger partial charge in [0.1, 0.15) is 0 Å². The van der Waals surface area contributed by atoms with Crippen molar-refractivity contribution in [3.63, 3.8) is 0 Å². The van der Waals surface area contributed by atoms with Crippen molar-refractivity contribution in [2.24, 2.45) is 0 Å². The minimum absolute atomic E-state index is 0.0374. The molecule has 5 nitrogen and oxygen atoms in total. The van der Waals surface area contributed by atoms with Crippen LogP contribution in [0.1, 0.15) is 52.1 Å². The fourth-order valence-corrected chi connectivity index (χ4v) is 2.89. The van der Waals surface area contributed by atoms with Crippen LogP contribution in [0.5, 0.6) is 0 Å². The first kappa shape index (κ1) is 17.9. The van der Waals surface area contributed by atoms with Crippen LogP contribution in [-0.4, -0.2) is 20.9 Å². The standard InChI is InChI=1S/C21H24N4O/c1-4-19(17-11-9-15(2)10-12-17)22-21(26)20-14-25(24-23-20)13-18-8-6-5-7-16(18)3/h5-12,14,19H,4,13H2,1-3H3,(H,22,26). The molecule has 1 atom stereocenters. The zero-order valence-corrected chi connectivity index (χ0v) is 15.4. The van der Waals surface area contributed by atoms with Gasteiger partial charge in [0.15, 0.2) is 5.69 Å². The first-order valence-corrected chi connectivity index (χ1v) is 8.89. The van der Waals surface area contributed by atoms with E-state index >= 15 is 0 Å². The van der Waals surface area contributed by atoms with E-state index in [0.29, 0.717) is 12.2 Å². The predicted molar refractivity (Wildman–Crippen MR) is 102 cm³/mol. The van der Waals surface area contributed by atoms with Crippen molar-refractivity contribution in [2.75, 3.05) is 0 Å². The maximum absolute atomic E-state index is 12.6. The number of hydrogen-bond donors (Lipinski definition) is 1. The summed E-state index contributed by atoms with van der Waals surface area (Å²) in [6.45, 7) is 6.77. The van der Waals surface area contributed by atoms with Gasteiger partial charge in [-0.25, -0.2) is 4.68 Å². The molecule has 0 fully saturated rings. The monoisotopic (exact) mass is 348 g/mol. The number of carbonyl (C=O) groups is 1. The topological polar surface area (TPSA) is 59.8 Å². The van der Waals surface area contributed by atoms with E-state index in [2.05, 4.69) is 72.8 Å². The molecule has 0 bridgehead atoms. The number of rotatable bonds is 6. The van der Waals surface area contributed by atoms with E-state index in [1.54, 1.807) is 10.9 Å². The summed E-state index contributed by atoms with van der Waals surface area (Å²) in [5.41, 5.74) is 4.99. The van der Waals surface area contributed by atoms with Crippen LogP contribution in [0.25, 0.3) is 0 Å². The number of hydrogen-bond acceptors (Lipinski definition) is 3. The van der Waals surface area contributed by atoms with E-state index in [-0.39, 0.29) is 11.9 Å². The number of amides is 1. The second kappa shape index (κ2) is 7.95. The quantitative estimate of drug-likeness (QED) is 0.736. The Balaban J connectivity index is 1.69. The highest BCUT2D eigenvalue weighted by atomic mass is 16.2. The first-order valence-electron chi connectivity index (χ1n) is 8.89. The molecule has 26 heavy (non-hydrogen) atoms. The Labute approximate surface area is 154 Å². The predicted octanol–water partition coefficient (Wildman–Crippen LogP) is 3.82. The van der Waals surface area contributed by atoms with Crippen molar-refractivity contribution in [3.05, 3.63) is 82.7 Å². The van der Waals surface area contributed by atoms with Gasteiger partial charge in [0.05, 0.1) is 18.8 Å². The van der Waals surface area contributed by atoms with Crippen LogP contribution < -0.4 is 5.32 Å². The van der Waals surface area contributed by atoms with E-state index in [4.69, 9.17) is 0 Å². The van der Waals surface area contributed by atoms with Gasteiger partial charge in [0, 0.05) is 0 Å². The van der Waals surface area contributed by atoms with Crippen LogP contribution >= 0.6 is 0 Å². The summed E-state index contributed by atoms with van der Waals surface area (Å²) >= 11 is 0. The Morgan fingerprint density at radius 3 is 2.54 bits per heavy atom. The largest absolute Gasteiger partial charge is 0.344 e. The molecule has 0 saturated heterocycles. The van der Waals surface area contributed by atoms with Gasteiger partial charge in [0.2, 0.25) is 0 Å². The first-order chi connectivity index (χ1) is 12.6. The van der Waals surface area contributed by atoms with Gasteiger partial charge < -0.3 is 5.32 Å². The fourth-order valence-electron chi connectivity index (χ4n) is 2.89. The van der Waals surface area contributed by atoms with Gasteiger partial charge in [-0.15, -0.1) is 5.10 Å². The molecule has 0 aliphatic heterocycles. The Morgan fingerprint density at radius 1 is 1.12 bits per heavy atom. The van der Waals surface area contributed by atoms with Crippen LogP contribution in [0.3, 0.4) is 0 Å². The number of carbonyl (C=O) groups excluding carboxylic acids is 1. The van der Waals surface area contributed by atoms with E-state index in [9.17, 15) is 4.79 Å². The minimum atomic E-state index is -0.201. The smallest absolute Gasteiger partial charge is 0.273 e. The third-order valence-corrected chi connectivity index (χ3v) is 4.56. The lowest BCUT2D eigenvalue weighted by molar-refractivity contribution is 0.0930. The van der Waals surface area contributed by atoms with Crippen LogP contribution in [-0.2, 0) is 6.54 Å². The summed E-state index contributed by atoms with van der Waals surface area (Å²) in [5, 5.41) is 11.2. The molecule has 0 spiro atoms. The van der Waals surface area contributed by atoms with Gasteiger partial charge in [-0.05, 0) is 37.0 Å². The molecule has 1 heterocycles. The normalized spacial score (nSPS) is 12.0. The van der Waals surface area contributed by atoms with Crippen molar-refractivity contribution in [3.8, 4) is 0 Å². The summed E-state index contributed by atoms with van der Waals surface area (Å²) in [6.07, 6.45) is 2.51. The number of benzene rings is 2. The Bertz CT molecular complexity index is 883. The lowest BCUT2D eigenvalue weighted by Gasteiger charge is -2.16. The molecule has 0 aliphatic carbocycles. The van der Waals surface area contributed by atoms with Gasteiger partial charge >= 0.3 is 0 Å². The molecule has 1 amide bonds. The van der Waals surface area contributed by atoms with Gasteiger partial charge in [-0.1, -0.05) is 66.2 Å². The summed E-state index contributed by atoms with van der Waals surface area (Å²) < 4.78 is 1.70. The average molecular weight is 348 g/mol. The summed E-state index contributed by atoms with van der Waals surface area (Å²) in [7, 11) is 0. The Hall–Kier alpha value is -2.95. The lowest BCUT2D eigenvalue weighted by atomic mass is 10.0. The van der Waals surface area contributed by atoms with Crippen LogP contribution in [0.2, 0.25) is 0 Å². The zero-order chi connectivity index (χ0) is 18.5.